The number of hydrogen-bond donors (Lipinski definition) is 0. The van der Waals surface area contributed by atoms with Crippen molar-refractivity contribution in [3.63, 3.8) is 0 Å². The van der Waals surface area contributed by atoms with Crippen LogP contribution in [0, 0.1) is 0 Å². The number of rotatable bonds is 3. The Hall–Kier alpha value is -1.68. The fourth-order valence-corrected chi connectivity index (χ4v) is 1.92. The Labute approximate surface area is 91.4 Å². The van der Waals surface area contributed by atoms with Gasteiger partial charge in [0.25, 0.3) is 0 Å². The molecule has 2 aromatic rings. The molecule has 2 aromatic heterocycles. The van der Waals surface area contributed by atoms with E-state index in [0.717, 1.165) is 0 Å². The van der Waals surface area contributed by atoms with E-state index in [2.05, 4.69) is 4.98 Å². The molecule has 76 valence electrons. The molecule has 0 bridgehead atoms. The van der Waals surface area contributed by atoms with E-state index >= 15 is 0 Å². The van der Waals surface area contributed by atoms with Crippen LogP contribution in [-0.4, -0.2) is 17.9 Å². The van der Waals surface area contributed by atoms with Crippen LogP contribution in [0.1, 0.15) is 15.9 Å². The molecule has 0 spiro atoms. The molecule has 0 aliphatic rings. The number of methoxy groups -OCH3 is 1. The maximum atomic E-state index is 12.0. The van der Waals surface area contributed by atoms with Gasteiger partial charge in [-0.05, 0) is 17.5 Å². The number of carbonyl (C=O) groups is 1. The first-order valence-corrected chi connectivity index (χ1v) is 5.32. The Kier molecular flexibility index (Phi) is 2.78. The molecule has 3 nitrogen and oxygen atoms in total. The van der Waals surface area contributed by atoms with E-state index in [1.807, 2.05) is 10.8 Å². The van der Waals surface area contributed by atoms with Gasteiger partial charge in [0.2, 0.25) is 0 Å². The largest absolute Gasteiger partial charge is 0.494 e. The summed E-state index contributed by atoms with van der Waals surface area (Å²) in [7, 11) is 1.53. The van der Waals surface area contributed by atoms with Crippen molar-refractivity contribution >= 4 is 17.1 Å². The summed E-state index contributed by atoms with van der Waals surface area (Å²) >= 11 is 1.50. The van der Waals surface area contributed by atoms with Gasteiger partial charge in [-0.3, -0.25) is 9.78 Å². The Morgan fingerprint density at radius 3 is 3.00 bits per heavy atom. The predicted molar refractivity (Wildman–Crippen MR) is 58.5 cm³/mol. The summed E-state index contributed by atoms with van der Waals surface area (Å²) in [5.74, 6) is 0.476. The van der Waals surface area contributed by atoms with Crippen molar-refractivity contribution in [1.82, 2.24) is 4.98 Å². The number of nitrogens with zero attached hydrogens (tertiary/aromatic N) is 1. The van der Waals surface area contributed by atoms with Gasteiger partial charge >= 0.3 is 0 Å². The molecule has 0 saturated carbocycles. The molecule has 0 N–H and O–H groups in total. The molecule has 0 radical (unpaired) electrons. The SMILES string of the molecule is COc1cnccc1C(=O)c1ccsc1. The van der Waals surface area contributed by atoms with Crippen molar-refractivity contribution < 1.29 is 9.53 Å². The van der Waals surface area contributed by atoms with E-state index in [4.69, 9.17) is 4.74 Å². The summed E-state index contributed by atoms with van der Waals surface area (Å²) in [4.78, 5) is 15.9. The van der Waals surface area contributed by atoms with Crippen LogP contribution >= 0.6 is 11.3 Å². The molecule has 0 atom stereocenters. The summed E-state index contributed by atoms with van der Waals surface area (Å²) in [6, 6.07) is 3.46. The molecule has 4 heteroatoms. The third kappa shape index (κ3) is 1.89. The number of ether oxygens (including phenoxy) is 1. The first-order valence-electron chi connectivity index (χ1n) is 4.38. The number of ketones is 1. The first-order chi connectivity index (χ1) is 7.33. The second-order valence-electron chi connectivity index (χ2n) is 2.92. The second-order valence-corrected chi connectivity index (χ2v) is 3.70. The minimum Gasteiger partial charge on any atom is -0.494 e. The Bertz CT molecular complexity index is 465. The van der Waals surface area contributed by atoms with Gasteiger partial charge in [0, 0.05) is 17.1 Å². The zero-order valence-electron chi connectivity index (χ0n) is 8.14. The third-order valence-electron chi connectivity index (χ3n) is 2.03. The topological polar surface area (TPSA) is 39.2 Å². The van der Waals surface area contributed by atoms with Crippen molar-refractivity contribution in [1.29, 1.82) is 0 Å². The monoisotopic (exact) mass is 219 g/mol. The van der Waals surface area contributed by atoms with Crippen LogP contribution in [0.3, 0.4) is 0 Å². The fraction of sp³-hybridized carbons (Fsp3) is 0.0909. The Morgan fingerprint density at radius 1 is 1.47 bits per heavy atom. The van der Waals surface area contributed by atoms with Gasteiger partial charge < -0.3 is 4.74 Å². The molecule has 0 aromatic carbocycles. The average molecular weight is 219 g/mol. The number of pyridine rings is 1. The molecule has 0 aliphatic heterocycles. The van der Waals surface area contributed by atoms with Gasteiger partial charge in [-0.1, -0.05) is 0 Å². The number of carbonyl (C=O) groups excluding carboxylic acids is 1. The number of thiophene rings is 1. The zero-order valence-corrected chi connectivity index (χ0v) is 8.95. The highest BCUT2D eigenvalue weighted by Gasteiger charge is 2.14. The summed E-state index contributed by atoms with van der Waals surface area (Å²) in [6.07, 6.45) is 3.13. The molecule has 15 heavy (non-hydrogen) atoms. The van der Waals surface area contributed by atoms with Crippen LogP contribution in [0.4, 0.5) is 0 Å². The van der Waals surface area contributed by atoms with E-state index in [-0.39, 0.29) is 5.78 Å². The molecule has 0 unspecified atom stereocenters. The zero-order chi connectivity index (χ0) is 10.7. The number of aromatic nitrogens is 1. The summed E-state index contributed by atoms with van der Waals surface area (Å²) in [5.41, 5.74) is 1.23. The van der Waals surface area contributed by atoms with Crippen LogP contribution in [0.5, 0.6) is 5.75 Å². The standard InChI is InChI=1S/C11H9NO2S/c1-14-10-6-12-4-2-9(10)11(13)8-3-5-15-7-8/h2-7H,1H3. The first kappa shape index (κ1) is 9.86. The molecule has 0 saturated heterocycles. The molecule has 2 rings (SSSR count). The van der Waals surface area contributed by atoms with E-state index in [9.17, 15) is 4.79 Å². The van der Waals surface area contributed by atoms with Crippen molar-refractivity contribution in [2.45, 2.75) is 0 Å². The highest BCUT2D eigenvalue weighted by atomic mass is 32.1. The maximum absolute atomic E-state index is 12.0. The van der Waals surface area contributed by atoms with Crippen LogP contribution in [0.15, 0.2) is 35.3 Å². The fourth-order valence-electron chi connectivity index (χ4n) is 1.28. The normalized spacial score (nSPS) is 9.93. The van der Waals surface area contributed by atoms with Gasteiger partial charge in [0.1, 0.15) is 5.75 Å². The van der Waals surface area contributed by atoms with Crippen LogP contribution in [0.25, 0.3) is 0 Å². The molecular formula is C11H9NO2S. The highest BCUT2D eigenvalue weighted by molar-refractivity contribution is 7.08. The molecule has 0 amide bonds. The lowest BCUT2D eigenvalue weighted by Crippen LogP contribution is -2.02. The van der Waals surface area contributed by atoms with Gasteiger partial charge in [0.15, 0.2) is 5.78 Å². The smallest absolute Gasteiger partial charge is 0.197 e. The van der Waals surface area contributed by atoms with E-state index in [1.165, 1.54) is 18.4 Å². The second kappa shape index (κ2) is 4.23. The summed E-state index contributed by atoms with van der Waals surface area (Å²) in [5, 5.41) is 3.70. The minimum absolute atomic E-state index is 0.0319. The maximum Gasteiger partial charge on any atom is 0.197 e. The summed E-state index contributed by atoms with van der Waals surface area (Å²) in [6.45, 7) is 0. The van der Waals surface area contributed by atoms with Crippen molar-refractivity contribution in [2.75, 3.05) is 7.11 Å². The lowest BCUT2D eigenvalue weighted by Gasteiger charge is -2.04. The van der Waals surface area contributed by atoms with Gasteiger partial charge in [-0.2, -0.15) is 11.3 Å². The average Bonchev–Trinajstić information content (AvgIpc) is 2.81. The van der Waals surface area contributed by atoms with E-state index in [0.29, 0.717) is 16.9 Å². The molecular weight excluding hydrogens is 210 g/mol. The number of hydrogen-bond acceptors (Lipinski definition) is 4. The van der Waals surface area contributed by atoms with Gasteiger partial charge in [0.05, 0.1) is 18.9 Å². The van der Waals surface area contributed by atoms with Crippen LogP contribution < -0.4 is 4.74 Å². The minimum atomic E-state index is -0.0319. The van der Waals surface area contributed by atoms with Crippen LogP contribution in [-0.2, 0) is 0 Å². The molecule has 0 fully saturated rings. The van der Waals surface area contributed by atoms with Crippen molar-refractivity contribution in [2.24, 2.45) is 0 Å². The predicted octanol–water partition coefficient (Wildman–Crippen LogP) is 2.38. The lowest BCUT2D eigenvalue weighted by atomic mass is 10.1. The molecule has 0 aliphatic carbocycles. The highest BCUT2D eigenvalue weighted by Crippen LogP contribution is 2.20. The lowest BCUT2D eigenvalue weighted by molar-refractivity contribution is 0.103. The van der Waals surface area contributed by atoms with Gasteiger partial charge in [-0.15, -0.1) is 0 Å². The van der Waals surface area contributed by atoms with E-state index in [1.54, 1.807) is 24.5 Å². The van der Waals surface area contributed by atoms with Crippen molar-refractivity contribution in [3.8, 4) is 5.75 Å². The Balaban J connectivity index is 2.42. The van der Waals surface area contributed by atoms with Gasteiger partial charge in [-0.25, -0.2) is 0 Å². The third-order valence-corrected chi connectivity index (χ3v) is 2.72. The molecule has 2 heterocycles. The van der Waals surface area contributed by atoms with Crippen LogP contribution in [0.2, 0.25) is 0 Å². The Morgan fingerprint density at radius 2 is 2.33 bits per heavy atom. The van der Waals surface area contributed by atoms with E-state index < -0.39 is 0 Å². The van der Waals surface area contributed by atoms with Crippen molar-refractivity contribution in [3.05, 3.63) is 46.4 Å². The quantitative estimate of drug-likeness (QED) is 0.744. The summed E-state index contributed by atoms with van der Waals surface area (Å²) < 4.78 is 5.08.